The number of piperidine rings is 1. The zero-order valence-electron chi connectivity index (χ0n) is 16.4. The van der Waals surface area contributed by atoms with Gasteiger partial charge in [-0.05, 0) is 48.2 Å². The quantitative estimate of drug-likeness (QED) is 0.631. The van der Waals surface area contributed by atoms with Crippen LogP contribution in [-0.2, 0) is 17.6 Å². The van der Waals surface area contributed by atoms with E-state index < -0.39 is 0 Å². The van der Waals surface area contributed by atoms with E-state index in [0.29, 0.717) is 19.4 Å². The summed E-state index contributed by atoms with van der Waals surface area (Å²) in [6, 6.07) is 22.6. The zero-order chi connectivity index (χ0) is 20.1. The normalized spacial score (nSPS) is 16.6. The van der Waals surface area contributed by atoms with Crippen LogP contribution in [-0.4, -0.2) is 28.9 Å². The minimum atomic E-state index is -0.224. The Morgan fingerprint density at radius 2 is 1.79 bits per heavy atom. The molecule has 2 aromatic carbocycles. The molecule has 0 unspecified atom stereocenters. The van der Waals surface area contributed by atoms with Gasteiger partial charge in [0, 0.05) is 36.8 Å². The maximum Gasteiger partial charge on any atom is 0.227 e. The van der Waals surface area contributed by atoms with Gasteiger partial charge in [-0.2, -0.15) is 0 Å². The number of amides is 1. The molecule has 1 aromatic heterocycles. The van der Waals surface area contributed by atoms with Gasteiger partial charge in [0.2, 0.25) is 5.91 Å². The lowest BCUT2D eigenvalue weighted by atomic mass is 9.93. The van der Waals surface area contributed by atoms with Crippen molar-refractivity contribution in [2.45, 2.75) is 31.6 Å². The fourth-order valence-corrected chi connectivity index (χ4v) is 4.01. The first-order chi connectivity index (χ1) is 14.2. The van der Waals surface area contributed by atoms with Gasteiger partial charge in [0.05, 0.1) is 6.42 Å². The third-order valence-corrected chi connectivity index (χ3v) is 5.49. The fraction of sp³-hybridized carbons (Fsp3) is 0.280. The van der Waals surface area contributed by atoms with Gasteiger partial charge in [0.1, 0.15) is 5.82 Å². The molecule has 1 saturated heterocycles. The summed E-state index contributed by atoms with van der Waals surface area (Å²) in [5.41, 5.74) is 3.92. The number of hydrogen-bond acceptors (Lipinski definition) is 2. The van der Waals surface area contributed by atoms with E-state index in [2.05, 4.69) is 0 Å². The van der Waals surface area contributed by atoms with Gasteiger partial charge >= 0.3 is 0 Å². The number of halogens is 1. The molecule has 0 bridgehead atoms. The second kappa shape index (κ2) is 8.99. The highest BCUT2D eigenvalue weighted by Crippen LogP contribution is 2.26. The summed E-state index contributed by atoms with van der Waals surface area (Å²) >= 11 is 0. The van der Waals surface area contributed by atoms with Crippen molar-refractivity contribution in [2.24, 2.45) is 0 Å². The lowest BCUT2D eigenvalue weighted by molar-refractivity contribution is -0.131. The maximum absolute atomic E-state index is 13.5. The Morgan fingerprint density at radius 1 is 1.00 bits per heavy atom. The van der Waals surface area contributed by atoms with E-state index in [0.717, 1.165) is 41.9 Å². The first-order valence-electron chi connectivity index (χ1n) is 10.2. The van der Waals surface area contributed by atoms with E-state index >= 15 is 0 Å². The minimum Gasteiger partial charge on any atom is -0.342 e. The average molecular weight is 388 g/mol. The van der Waals surface area contributed by atoms with Gasteiger partial charge in [0.15, 0.2) is 0 Å². The van der Waals surface area contributed by atoms with Gasteiger partial charge in [-0.1, -0.05) is 48.5 Å². The fourth-order valence-electron chi connectivity index (χ4n) is 4.01. The van der Waals surface area contributed by atoms with Gasteiger partial charge in [-0.25, -0.2) is 4.39 Å². The van der Waals surface area contributed by atoms with Crippen LogP contribution in [0, 0.1) is 5.82 Å². The molecule has 148 valence electrons. The van der Waals surface area contributed by atoms with Crippen LogP contribution in [0.4, 0.5) is 4.39 Å². The highest BCUT2D eigenvalue weighted by Gasteiger charge is 2.25. The number of aromatic nitrogens is 1. The first kappa shape index (κ1) is 19.3. The van der Waals surface area contributed by atoms with Crippen LogP contribution in [0.15, 0.2) is 72.8 Å². The molecule has 1 aliphatic rings. The molecular weight excluding hydrogens is 363 g/mol. The number of benzene rings is 2. The zero-order valence-corrected chi connectivity index (χ0v) is 16.4. The lowest BCUT2D eigenvalue weighted by Crippen LogP contribution is -2.40. The lowest BCUT2D eigenvalue weighted by Gasteiger charge is -2.32. The number of pyridine rings is 1. The molecule has 3 aromatic rings. The van der Waals surface area contributed by atoms with Crippen LogP contribution in [0.1, 0.15) is 41.3 Å². The molecule has 2 heterocycles. The van der Waals surface area contributed by atoms with Crippen molar-refractivity contribution < 1.29 is 9.18 Å². The summed E-state index contributed by atoms with van der Waals surface area (Å²) in [6.45, 7) is 1.52. The minimum absolute atomic E-state index is 0.178. The summed E-state index contributed by atoms with van der Waals surface area (Å²) in [7, 11) is 0. The third kappa shape index (κ3) is 5.08. The summed E-state index contributed by atoms with van der Waals surface area (Å²) in [6.07, 6.45) is 3.07. The van der Waals surface area contributed by atoms with Crippen LogP contribution < -0.4 is 0 Å². The summed E-state index contributed by atoms with van der Waals surface area (Å²) < 4.78 is 13.5. The molecule has 1 amide bonds. The molecule has 0 aliphatic carbocycles. The number of carbonyl (C=O) groups excluding carboxylic acids is 1. The molecular formula is C25H25FN2O. The highest BCUT2D eigenvalue weighted by atomic mass is 19.1. The Labute approximate surface area is 171 Å². The summed E-state index contributed by atoms with van der Waals surface area (Å²) in [5, 5.41) is 0. The van der Waals surface area contributed by atoms with Crippen molar-refractivity contribution >= 4 is 5.91 Å². The number of likely N-dealkylation sites (tertiary alicyclic amines) is 1. The Morgan fingerprint density at radius 3 is 2.62 bits per heavy atom. The molecule has 1 fully saturated rings. The van der Waals surface area contributed by atoms with E-state index in [1.165, 1.54) is 6.07 Å². The second-order valence-electron chi connectivity index (χ2n) is 7.70. The van der Waals surface area contributed by atoms with Crippen LogP contribution >= 0.6 is 0 Å². The molecule has 3 nitrogen and oxygen atoms in total. The van der Waals surface area contributed by atoms with Gasteiger partial charge in [-0.15, -0.1) is 0 Å². The molecule has 1 atom stereocenters. The van der Waals surface area contributed by atoms with Crippen molar-refractivity contribution in [3.05, 3.63) is 101 Å². The molecule has 4 rings (SSSR count). The summed E-state index contributed by atoms with van der Waals surface area (Å²) in [5.74, 6) is 0.200. The van der Waals surface area contributed by atoms with Crippen LogP contribution in [0.25, 0.3) is 0 Å². The Balaban J connectivity index is 1.43. The van der Waals surface area contributed by atoms with Crippen molar-refractivity contribution in [1.29, 1.82) is 0 Å². The molecule has 0 spiro atoms. The van der Waals surface area contributed by atoms with Crippen molar-refractivity contribution in [3.63, 3.8) is 0 Å². The number of rotatable bonds is 5. The number of carbonyl (C=O) groups is 1. The topological polar surface area (TPSA) is 33.2 Å². The average Bonchev–Trinajstić information content (AvgIpc) is 2.75. The van der Waals surface area contributed by atoms with E-state index in [1.807, 2.05) is 59.5 Å². The van der Waals surface area contributed by atoms with Gasteiger partial charge in [0.25, 0.3) is 0 Å². The molecule has 0 radical (unpaired) electrons. The highest BCUT2D eigenvalue weighted by molar-refractivity contribution is 5.79. The van der Waals surface area contributed by atoms with Gasteiger partial charge < -0.3 is 4.90 Å². The van der Waals surface area contributed by atoms with Crippen molar-refractivity contribution in [2.75, 3.05) is 13.1 Å². The van der Waals surface area contributed by atoms with E-state index in [4.69, 9.17) is 4.98 Å². The Hall–Kier alpha value is -3.01. The molecule has 0 N–H and O–H groups in total. The van der Waals surface area contributed by atoms with Crippen LogP contribution in [0.5, 0.6) is 0 Å². The molecule has 1 aliphatic heterocycles. The maximum atomic E-state index is 13.5. The number of nitrogens with zero attached hydrogens (tertiary/aromatic N) is 2. The van der Waals surface area contributed by atoms with E-state index in [-0.39, 0.29) is 17.6 Å². The Kier molecular flexibility index (Phi) is 5.99. The standard InChI is InChI=1S/C25H25FN2O/c26-22-11-4-9-20(15-22)16-23-12-5-13-24(27-23)21-10-6-14-28(18-21)25(29)17-19-7-2-1-3-8-19/h1-5,7-9,11-13,15,21H,6,10,14,16-18H2/t21-/m1/s1. The predicted molar refractivity (Wildman–Crippen MR) is 112 cm³/mol. The number of hydrogen-bond donors (Lipinski definition) is 0. The van der Waals surface area contributed by atoms with Crippen molar-refractivity contribution in [1.82, 2.24) is 9.88 Å². The SMILES string of the molecule is O=C(Cc1ccccc1)N1CCC[C@@H](c2cccc(Cc3cccc(F)c3)n2)C1. The Bertz CT molecular complexity index is 973. The van der Waals surface area contributed by atoms with E-state index in [9.17, 15) is 9.18 Å². The molecule has 4 heteroatoms. The predicted octanol–water partition coefficient (Wildman–Crippen LogP) is 4.76. The monoisotopic (exact) mass is 388 g/mol. The van der Waals surface area contributed by atoms with Crippen LogP contribution in [0.3, 0.4) is 0 Å². The molecule has 29 heavy (non-hydrogen) atoms. The van der Waals surface area contributed by atoms with Crippen molar-refractivity contribution in [3.8, 4) is 0 Å². The smallest absolute Gasteiger partial charge is 0.227 e. The summed E-state index contributed by atoms with van der Waals surface area (Å²) in [4.78, 5) is 19.6. The third-order valence-electron chi connectivity index (χ3n) is 5.49. The first-order valence-corrected chi connectivity index (χ1v) is 10.2. The largest absolute Gasteiger partial charge is 0.342 e. The second-order valence-corrected chi connectivity index (χ2v) is 7.70. The van der Waals surface area contributed by atoms with E-state index in [1.54, 1.807) is 12.1 Å². The molecule has 0 saturated carbocycles. The van der Waals surface area contributed by atoms with Gasteiger partial charge in [-0.3, -0.25) is 9.78 Å². The van der Waals surface area contributed by atoms with Crippen LogP contribution in [0.2, 0.25) is 0 Å².